The van der Waals surface area contributed by atoms with Crippen molar-refractivity contribution in [2.24, 2.45) is 5.92 Å². The summed E-state index contributed by atoms with van der Waals surface area (Å²) in [5.74, 6) is 0.130. The molecule has 17 heavy (non-hydrogen) atoms. The molecule has 2 atom stereocenters. The maximum absolute atomic E-state index is 11.6. The summed E-state index contributed by atoms with van der Waals surface area (Å²) < 4.78 is 5.17. The molecule has 102 valence electrons. The lowest BCUT2D eigenvalue weighted by Crippen LogP contribution is -2.51. The third-order valence-electron chi connectivity index (χ3n) is 2.23. The van der Waals surface area contributed by atoms with Gasteiger partial charge in [0, 0.05) is 6.54 Å². The zero-order chi connectivity index (χ0) is 13.6. The molecule has 0 spiro atoms. The zero-order valence-corrected chi connectivity index (χ0v) is 11.7. The Bertz CT molecular complexity index is 236. The minimum absolute atomic E-state index is 0.130. The Balaban J connectivity index is 4.40. The smallest absolute Gasteiger partial charge is 0.407 e. The van der Waals surface area contributed by atoms with Crippen molar-refractivity contribution < 1.29 is 14.6 Å². The standard InChI is InChI=1S/C12H26N2O3/c1-8(2)10(9(15)7-13-6)14-11(16)17-12(3,4)5/h8-10,13,15H,7H2,1-6H3,(H,14,16). The summed E-state index contributed by atoms with van der Waals surface area (Å²) in [5.41, 5.74) is -0.528. The van der Waals surface area contributed by atoms with Gasteiger partial charge < -0.3 is 20.5 Å². The number of hydrogen-bond donors (Lipinski definition) is 3. The van der Waals surface area contributed by atoms with Crippen LogP contribution in [0.25, 0.3) is 0 Å². The quantitative estimate of drug-likeness (QED) is 0.680. The third kappa shape index (κ3) is 7.18. The Hall–Kier alpha value is -0.810. The lowest BCUT2D eigenvalue weighted by Gasteiger charge is -2.29. The summed E-state index contributed by atoms with van der Waals surface area (Å²) >= 11 is 0. The lowest BCUT2D eigenvalue weighted by atomic mass is 9.98. The Labute approximate surface area is 104 Å². The topological polar surface area (TPSA) is 70.6 Å². The maximum Gasteiger partial charge on any atom is 0.407 e. The number of nitrogens with one attached hydrogen (secondary N) is 2. The van der Waals surface area contributed by atoms with E-state index in [1.54, 1.807) is 27.8 Å². The van der Waals surface area contributed by atoms with Crippen molar-refractivity contribution >= 4 is 6.09 Å². The van der Waals surface area contributed by atoms with Gasteiger partial charge >= 0.3 is 6.09 Å². The second-order valence-electron chi connectivity index (χ2n) is 5.54. The summed E-state index contributed by atoms with van der Waals surface area (Å²) in [6.45, 7) is 9.74. The van der Waals surface area contributed by atoms with Gasteiger partial charge in [-0.3, -0.25) is 0 Å². The average Bonchev–Trinajstić information content (AvgIpc) is 2.11. The Morgan fingerprint density at radius 1 is 1.35 bits per heavy atom. The van der Waals surface area contributed by atoms with E-state index < -0.39 is 17.8 Å². The predicted octanol–water partition coefficient (Wildman–Crippen LogP) is 1.12. The number of amides is 1. The molecule has 0 saturated carbocycles. The number of carbonyl (C=O) groups excluding carboxylic acids is 1. The molecule has 5 heteroatoms. The van der Waals surface area contributed by atoms with Crippen LogP contribution in [-0.2, 0) is 4.74 Å². The van der Waals surface area contributed by atoms with Crippen molar-refractivity contribution in [3.8, 4) is 0 Å². The molecule has 0 aromatic carbocycles. The van der Waals surface area contributed by atoms with Gasteiger partial charge in [0.15, 0.2) is 0 Å². The van der Waals surface area contributed by atoms with Gasteiger partial charge in [0.2, 0.25) is 0 Å². The molecule has 0 aliphatic rings. The van der Waals surface area contributed by atoms with E-state index in [-0.39, 0.29) is 12.0 Å². The summed E-state index contributed by atoms with van der Waals surface area (Å²) in [6.07, 6.45) is -1.13. The zero-order valence-electron chi connectivity index (χ0n) is 11.7. The minimum atomic E-state index is -0.632. The van der Waals surface area contributed by atoms with Crippen LogP contribution in [0.1, 0.15) is 34.6 Å². The molecule has 2 unspecified atom stereocenters. The largest absolute Gasteiger partial charge is 0.444 e. The van der Waals surface area contributed by atoms with Gasteiger partial charge in [-0.1, -0.05) is 13.8 Å². The van der Waals surface area contributed by atoms with Crippen molar-refractivity contribution in [1.29, 1.82) is 0 Å². The van der Waals surface area contributed by atoms with Crippen LogP contribution in [0.5, 0.6) is 0 Å². The van der Waals surface area contributed by atoms with Gasteiger partial charge in [-0.25, -0.2) is 4.79 Å². The molecule has 1 amide bonds. The van der Waals surface area contributed by atoms with Gasteiger partial charge in [0.25, 0.3) is 0 Å². The van der Waals surface area contributed by atoms with E-state index in [1.165, 1.54) is 0 Å². The van der Waals surface area contributed by atoms with Crippen LogP contribution in [0.2, 0.25) is 0 Å². The van der Waals surface area contributed by atoms with Crippen molar-refractivity contribution in [3.05, 3.63) is 0 Å². The van der Waals surface area contributed by atoms with Gasteiger partial charge in [-0.15, -0.1) is 0 Å². The highest BCUT2D eigenvalue weighted by Gasteiger charge is 2.26. The van der Waals surface area contributed by atoms with Crippen molar-refractivity contribution in [2.45, 2.75) is 52.4 Å². The Morgan fingerprint density at radius 3 is 2.24 bits per heavy atom. The van der Waals surface area contributed by atoms with Crippen molar-refractivity contribution in [2.75, 3.05) is 13.6 Å². The molecule has 0 aliphatic carbocycles. The molecule has 0 fully saturated rings. The molecule has 0 heterocycles. The van der Waals surface area contributed by atoms with E-state index in [0.717, 1.165) is 0 Å². The van der Waals surface area contributed by atoms with Crippen LogP contribution in [0.15, 0.2) is 0 Å². The molecule has 5 nitrogen and oxygen atoms in total. The van der Waals surface area contributed by atoms with Crippen LogP contribution in [0.4, 0.5) is 4.79 Å². The summed E-state index contributed by atoms with van der Waals surface area (Å²) in [7, 11) is 1.76. The second-order valence-corrected chi connectivity index (χ2v) is 5.54. The number of likely N-dealkylation sites (N-methyl/N-ethyl adjacent to an activating group) is 1. The number of aliphatic hydroxyl groups is 1. The number of carbonyl (C=O) groups is 1. The minimum Gasteiger partial charge on any atom is -0.444 e. The van der Waals surface area contributed by atoms with Gasteiger partial charge in [0.05, 0.1) is 12.1 Å². The van der Waals surface area contributed by atoms with Crippen LogP contribution < -0.4 is 10.6 Å². The van der Waals surface area contributed by atoms with E-state index in [9.17, 15) is 9.90 Å². The fourth-order valence-electron chi connectivity index (χ4n) is 1.49. The molecule has 0 aromatic rings. The first-order valence-electron chi connectivity index (χ1n) is 5.99. The molecule has 0 radical (unpaired) electrons. The van der Waals surface area contributed by atoms with Gasteiger partial charge in [0.1, 0.15) is 5.60 Å². The molecule has 0 aromatic heterocycles. The molecular weight excluding hydrogens is 220 g/mol. The Morgan fingerprint density at radius 2 is 1.88 bits per heavy atom. The fourth-order valence-corrected chi connectivity index (χ4v) is 1.49. The van der Waals surface area contributed by atoms with E-state index >= 15 is 0 Å². The van der Waals surface area contributed by atoms with E-state index in [1.807, 2.05) is 13.8 Å². The molecule has 0 bridgehead atoms. The fraction of sp³-hybridized carbons (Fsp3) is 0.917. The highest BCUT2D eigenvalue weighted by molar-refractivity contribution is 5.68. The first-order chi connectivity index (χ1) is 7.67. The van der Waals surface area contributed by atoms with Crippen molar-refractivity contribution in [1.82, 2.24) is 10.6 Å². The molecule has 0 rings (SSSR count). The first kappa shape index (κ1) is 16.2. The molecule has 0 saturated heterocycles. The molecule has 3 N–H and O–H groups in total. The lowest BCUT2D eigenvalue weighted by molar-refractivity contribution is 0.0378. The highest BCUT2D eigenvalue weighted by Crippen LogP contribution is 2.10. The van der Waals surface area contributed by atoms with Crippen LogP contribution >= 0.6 is 0 Å². The van der Waals surface area contributed by atoms with E-state index in [0.29, 0.717) is 6.54 Å². The number of alkyl carbamates (subject to hydrolysis) is 1. The summed E-state index contributed by atoms with van der Waals surface area (Å²) in [4.78, 5) is 11.6. The predicted molar refractivity (Wildman–Crippen MR) is 67.9 cm³/mol. The van der Waals surface area contributed by atoms with Crippen LogP contribution in [-0.4, -0.2) is 42.5 Å². The highest BCUT2D eigenvalue weighted by atomic mass is 16.6. The Kier molecular flexibility index (Phi) is 6.49. The van der Waals surface area contributed by atoms with E-state index in [2.05, 4.69) is 10.6 Å². The summed E-state index contributed by atoms with van der Waals surface area (Å²) in [5, 5.41) is 15.5. The van der Waals surface area contributed by atoms with Gasteiger partial charge in [-0.2, -0.15) is 0 Å². The third-order valence-corrected chi connectivity index (χ3v) is 2.23. The average molecular weight is 246 g/mol. The first-order valence-corrected chi connectivity index (χ1v) is 5.99. The normalized spacial score (nSPS) is 15.5. The maximum atomic E-state index is 11.6. The van der Waals surface area contributed by atoms with E-state index in [4.69, 9.17) is 4.74 Å². The van der Waals surface area contributed by atoms with Gasteiger partial charge in [-0.05, 0) is 33.7 Å². The number of hydrogen-bond acceptors (Lipinski definition) is 4. The number of aliphatic hydroxyl groups excluding tert-OH is 1. The summed E-state index contributed by atoms with van der Waals surface area (Å²) in [6, 6.07) is -0.322. The van der Waals surface area contributed by atoms with Crippen molar-refractivity contribution in [3.63, 3.8) is 0 Å². The second kappa shape index (κ2) is 6.81. The number of rotatable bonds is 5. The monoisotopic (exact) mass is 246 g/mol. The van der Waals surface area contributed by atoms with Crippen LogP contribution in [0.3, 0.4) is 0 Å². The van der Waals surface area contributed by atoms with Crippen LogP contribution in [0, 0.1) is 5.92 Å². The molecular formula is C12H26N2O3. The number of ether oxygens (including phenoxy) is 1. The molecule has 0 aliphatic heterocycles. The SMILES string of the molecule is CNCC(O)C(NC(=O)OC(C)(C)C)C(C)C.